The normalized spacial score (nSPS) is 12.0. The Morgan fingerprint density at radius 2 is 1.95 bits per heavy atom. The van der Waals surface area contributed by atoms with Crippen molar-refractivity contribution in [2.24, 2.45) is 5.10 Å². The molecular weight excluding hydrogens is 286 g/mol. The first-order valence-electron chi connectivity index (χ1n) is 6.38. The summed E-state index contributed by atoms with van der Waals surface area (Å²) in [6.07, 6.45) is -0.0636. The number of carbonyl (C=O) groups excluding carboxylic acids is 1. The number of nitro groups is 1. The number of non-ortho nitro benzene ring substituents is 1. The number of benzene rings is 2. The predicted molar refractivity (Wildman–Crippen MR) is 80.2 cm³/mol. The maximum atomic E-state index is 11.7. The predicted octanol–water partition coefficient (Wildman–Crippen LogP) is 1.78. The van der Waals surface area contributed by atoms with Gasteiger partial charge in [0.25, 0.3) is 11.6 Å². The van der Waals surface area contributed by atoms with E-state index in [-0.39, 0.29) is 5.69 Å². The summed E-state index contributed by atoms with van der Waals surface area (Å²) in [4.78, 5) is 21.8. The highest BCUT2D eigenvalue weighted by molar-refractivity contribution is 5.85. The fraction of sp³-hybridized carbons (Fsp3) is 0.0667. The Labute approximate surface area is 126 Å². The van der Waals surface area contributed by atoms with E-state index in [0.717, 1.165) is 0 Å². The van der Waals surface area contributed by atoms with Gasteiger partial charge in [-0.05, 0) is 5.56 Å². The molecule has 0 aliphatic heterocycles. The monoisotopic (exact) mass is 299 g/mol. The molecule has 7 nitrogen and oxygen atoms in total. The average Bonchev–Trinajstić information content (AvgIpc) is 2.55. The van der Waals surface area contributed by atoms with Crippen LogP contribution < -0.4 is 5.43 Å². The van der Waals surface area contributed by atoms with Crippen LogP contribution in [0, 0.1) is 10.1 Å². The summed E-state index contributed by atoms with van der Waals surface area (Å²) in [6.45, 7) is 0. The number of amides is 1. The van der Waals surface area contributed by atoms with E-state index in [1.54, 1.807) is 36.4 Å². The largest absolute Gasteiger partial charge is 0.378 e. The van der Waals surface area contributed by atoms with Crippen molar-refractivity contribution in [2.75, 3.05) is 0 Å². The summed E-state index contributed by atoms with van der Waals surface area (Å²) in [6, 6.07) is 14.2. The highest BCUT2D eigenvalue weighted by Gasteiger charge is 2.15. The van der Waals surface area contributed by atoms with Crippen molar-refractivity contribution in [1.29, 1.82) is 0 Å². The first kappa shape index (κ1) is 15.3. The Morgan fingerprint density at radius 1 is 1.23 bits per heavy atom. The van der Waals surface area contributed by atoms with Crippen LogP contribution in [0.15, 0.2) is 59.7 Å². The fourth-order valence-corrected chi connectivity index (χ4v) is 1.74. The first-order valence-corrected chi connectivity index (χ1v) is 6.38. The van der Waals surface area contributed by atoms with E-state index in [9.17, 15) is 20.0 Å². The molecule has 0 radical (unpaired) electrons. The number of hydrogen-bond donors (Lipinski definition) is 2. The zero-order valence-corrected chi connectivity index (χ0v) is 11.4. The van der Waals surface area contributed by atoms with Crippen LogP contribution >= 0.6 is 0 Å². The van der Waals surface area contributed by atoms with E-state index < -0.39 is 16.9 Å². The van der Waals surface area contributed by atoms with Gasteiger partial charge in [0.15, 0.2) is 6.10 Å². The summed E-state index contributed by atoms with van der Waals surface area (Å²) in [5, 5.41) is 24.1. The Bertz CT molecular complexity index is 701. The van der Waals surface area contributed by atoms with Crippen molar-refractivity contribution >= 4 is 17.8 Å². The number of carbonyl (C=O) groups is 1. The van der Waals surface area contributed by atoms with Crippen molar-refractivity contribution in [2.45, 2.75) is 6.10 Å². The van der Waals surface area contributed by atoms with Crippen LogP contribution in [0.4, 0.5) is 5.69 Å². The highest BCUT2D eigenvalue weighted by atomic mass is 16.6. The van der Waals surface area contributed by atoms with Crippen LogP contribution in [0.3, 0.4) is 0 Å². The topological polar surface area (TPSA) is 105 Å². The van der Waals surface area contributed by atoms with E-state index in [4.69, 9.17) is 0 Å². The molecule has 0 aromatic heterocycles. The molecule has 2 aromatic carbocycles. The van der Waals surface area contributed by atoms with Crippen LogP contribution in [0.1, 0.15) is 17.2 Å². The molecule has 0 fully saturated rings. The molecule has 0 saturated carbocycles. The lowest BCUT2D eigenvalue weighted by atomic mass is 10.1. The summed E-state index contributed by atoms with van der Waals surface area (Å²) in [7, 11) is 0. The molecule has 0 unspecified atom stereocenters. The van der Waals surface area contributed by atoms with Crippen molar-refractivity contribution in [3.8, 4) is 0 Å². The zero-order valence-electron chi connectivity index (χ0n) is 11.4. The van der Waals surface area contributed by atoms with Gasteiger partial charge in [0, 0.05) is 17.7 Å². The van der Waals surface area contributed by atoms with Gasteiger partial charge in [-0.25, -0.2) is 5.43 Å². The van der Waals surface area contributed by atoms with Crippen LogP contribution in [0.5, 0.6) is 0 Å². The molecule has 22 heavy (non-hydrogen) atoms. The maximum absolute atomic E-state index is 11.7. The van der Waals surface area contributed by atoms with Crippen LogP contribution in [-0.2, 0) is 4.79 Å². The fourth-order valence-electron chi connectivity index (χ4n) is 1.74. The SMILES string of the molecule is O=C(NN=Cc1cccc([N+](=O)[O-])c1)[C@@H](O)c1ccccc1. The van der Waals surface area contributed by atoms with Crippen molar-refractivity contribution < 1.29 is 14.8 Å². The summed E-state index contributed by atoms with van der Waals surface area (Å²) in [5.74, 6) is -0.687. The Kier molecular flexibility index (Phi) is 4.94. The molecular formula is C15H13N3O4. The number of nitrogens with zero attached hydrogens (tertiary/aromatic N) is 2. The van der Waals surface area contributed by atoms with E-state index in [1.807, 2.05) is 0 Å². The Hall–Kier alpha value is -3.06. The molecule has 0 aliphatic rings. The lowest BCUT2D eigenvalue weighted by Crippen LogP contribution is -2.25. The molecule has 0 heterocycles. The van der Waals surface area contributed by atoms with E-state index in [2.05, 4.69) is 10.5 Å². The number of aliphatic hydroxyl groups excluding tert-OH is 1. The second-order valence-electron chi connectivity index (χ2n) is 4.40. The van der Waals surface area contributed by atoms with Gasteiger partial charge in [-0.15, -0.1) is 0 Å². The van der Waals surface area contributed by atoms with Gasteiger partial charge in [-0.2, -0.15) is 5.10 Å². The molecule has 2 rings (SSSR count). The lowest BCUT2D eigenvalue weighted by Gasteiger charge is -2.08. The smallest absolute Gasteiger partial charge is 0.273 e. The molecule has 2 N–H and O–H groups in total. The number of nitrogens with one attached hydrogen (secondary N) is 1. The molecule has 112 valence electrons. The summed E-state index contributed by atoms with van der Waals surface area (Å²) in [5.41, 5.74) is 3.03. The van der Waals surface area contributed by atoms with Crippen LogP contribution in [0.25, 0.3) is 0 Å². The van der Waals surface area contributed by atoms with Crippen molar-refractivity contribution in [3.63, 3.8) is 0 Å². The average molecular weight is 299 g/mol. The minimum Gasteiger partial charge on any atom is -0.378 e. The molecule has 2 aromatic rings. The van der Waals surface area contributed by atoms with Crippen LogP contribution in [0.2, 0.25) is 0 Å². The third-order valence-electron chi connectivity index (χ3n) is 2.83. The maximum Gasteiger partial charge on any atom is 0.273 e. The molecule has 1 amide bonds. The first-order chi connectivity index (χ1) is 10.6. The van der Waals surface area contributed by atoms with E-state index >= 15 is 0 Å². The van der Waals surface area contributed by atoms with Gasteiger partial charge in [0.2, 0.25) is 0 Å². The van der Waals surface area contributed by atoms with Gasteiger partial charge in [0.05, 0.1) is 11.1 Å². The molecule has 0 bridgehead atoms. The molecule has 0 spiro atoms. The molecule has 7 heteroatoms. The number of rotatable bonds is 5. The minimum atomic E-state index is -1.33. The second kappa shape index (κ2) is 7.09. The molecule has 0 aliphatic carbocycles. The zero-order chi connectivity index (χ0) is 15.9. The van der Waals surface area contributed by atoms with Crippen molar-refractivity contribution in [1.82, 2.24) is 5.43 Å². The number of nitro benzene ring substituents is 1. The van der Waals surface area contributed by atoms with Crippen LogP contribution in [-0.4, -0.2) is 22.2 Å². The van der Waals surface area contributed by atoms with Gasteiger partial charge in [-0.3, -0.25) is 14.9 Å². The quantitative estimate of drug-likeness (QED) is 0.498. The summed E-state index contributed by atoms with van der Waals surface area (Å²) >= 11 is 0. The minimum absolute atomic E-state index is 0.0698. The Morgan fingerprint density at radius 3 is 2.64 bits per heavy atom. The van der Waals surface area contributed by atoms with Gasteiger partial charge < -0.3 is 5.11 Å². The lowest BCUT2D eigenvalue weighted by molar-refractivity contribution is -0.384. The third-order valence-corrected chi connectivity index (χ3v) is 2.83. The van der Waals surface area contributed by atoms with Gasteiger partial charge in [0.1, 0.15) is 0 Å². The number of aliphatic hydroxyl groups is 1. The molecule has 0 saturated heterocycles. The van der Waals surface area contributed by atoms with E-state index in [1.165, 1.54) is 24.4 Å². The van der Waals surface area contributed by atoms with E-state index in [0.29, 0.717) is 11.1 Å². The standard InChI is InChI=1S/C15H13N3O4/c19-14(12-6-2-1-3-7-12)15(20)17-16-10-11-5-4-8-13(9-11)18(21)22/h1-10,14,19H,(H,17,20)/t14-/m0/s1. The third kappa shape index (κ3) is 3.97. The van der Waals surface area contributed by atoms with Crippen molar-refractivity contribution in [3.05, 3.63) is 75.8 Å². The highest BCUT2D eigenvalue weighted by Crippen LogP contribution is 2.12. The molecule has 1 atom stereocenters. The number of hydrogen-bond acceptors (Lipinski definition) is 5. The van der Waals surface area contributed by atoms with Gasteiger partial charge >= 0.3 is 0 Å². The second-order valence-corrected chi connectivity index (χ2v) is 4.40. The number of hydrazone groups is 1. The Balaban J connectivity index is 1.99. The summed E-state index contributed by atoms with van der Waals surface area (Å²) < 4.78 is 0. The van der Waals surface area contributed by atoms with Gasteiger partial charge in [-0.1, -0.05) is 42.5 Å².